The second kappa shape index (κ2) is 7.28. The summed E-state index contributed by atoms with van der Waals surface area (Å²) >= 11 is 0. The maximum absolute atomic E-state index is 12.2. The highest BCUT2D eigenvalue weighted by Gasteiger charge is 2.25. The van der Waals surface area contributed by atoms with Gasteiger partial charge in [0.1, 0.15) is 6.04 Å². The van der Waals surface area contributed by atoms with Crippen LogP contribution in [0.4, 0.5) is 10.5 Å². The minimum atomic E-state index is -0.748. The quantitative estimate of drug-likeness (QED) is 0.805. The van der Waals surface area contributed by atoms with Crippen molar-refractivity contribution >= 4 is 24.0 Å². The molecule has 0 bridgehead atoms. The van der Waals surface area contributed by atoms with E-state index in [9.17, 15) is 14.4 Å². The molecule has 1 aromatic carbocycles. The van der Waals surface area contributed by atoms with Crippen molar-refractivity contribution in [1.29, 1.82) is 0 Å². The molecule has 2 N–H and O–H groups in total. The predicted octanol–water partition coefficient (Wildman–Crippen LogP) is 1.82. The Hall–Kier alpha value is -2.37. The van der Waals surface area contributed by atoms with E-state index in [1.54, 1.807) is 38.1 Å². The first-order valence-corrected chi connectivity index (χ1v) is 6.19. The van der Waals surface area contributed by atoms with E-state index in [1.165, 1.54) is 7.11 Å². The zero-order valence-corrected chi connectivity index (χ0v) is 11.7. The fourth-order valence-corrected chi connectivity index (χ4v) is 1.64. The van der Waals surface area contributed by atoms with Crippen LogP contribution in [0.15, 0.2) is 24.3 Å². The normalized spacial score (nSPS) is 11.6. The van der Waals surface area contributed by atoms with Gasteiger partial charge in [-0.05, 0) is 18.1 Å². The summed E-state index contributed by atoms with van der Waals surface area (Å²) in [5.41, 5.74) is 0.784. The van der Waals surface area contributed by atoms with Crippen molar-refractivity contribution in [2.24, 2.45) is 5.92 Å². The van der Waals surface area contributed by atoms with Crippen molar-refractivity contribution in [3.8, 4) is 0 Å². The van der Waals surface area contributed by atoms with Crippen LogP contribution in [0.25, 0.3) is 0 Å². The highest BCUT2D eigenvalue weighted by atomic mass is 16.5. The van der Waals surface area contributed by atoms with Gasteiger partial charge in [0.25, 0.3) is 0 Å². The molecule has 0 aromatic heterocycles. The molecule has 0 aliphatic carbocycles. The van der Waals surface area contributed by atoms with E-state index in [0.29, 0.717) is 17.5 Å². The highest BCUT2D eigenvalue weighted by molar-refractivity contribution is 6.00. The van der Waals surface area contributed by atoms with Gasteiger partial charge < -0.3 is 15.4 Å². The van der Waals surface area contributed by atoms with Crippen LogP contribution >= 0.6 is 0 Å². The van der Waals surface area contributed by atoms with Crippen molar-refractivity contribution < 1.29 is 19.1 Å². The zero-order valence-electron chi connectivity index (χ0n) is 11.7. The van der Waals surface area contributed by atoms with E-state index in [0.717, 1.165) is 0 Å². The minimum absolute atomic E-state index is 0.127. The Bertz CT molecular complexity index is 500. The molecule has 1 rings (SSSR count). The van der Waals surface area contributed by atoms with Crippen LogP contribution < -0.4 is 10.6 Å². The highest BCUT2D eigenvalue weighted by Crippen LogP contribution is 2.14. The maximum Gasteiger partial charge on any atom is 0.407 e. The first-order valence-electron chi connectivity index (χ1n) is 6.19. The molecule has 0 unspecified atom stereocenters. The number of carbonyl (C=O) groups is 3. The van der Waals surface area contributed by atoms with Crippen LogP contribution in [-0.2, 0) is 9.53 Å². The minimum Gasteiger partial charge on any atom is -0.453 e. The summed E-state index contributed by atoms with van der Waals surface area (Å²) in [6.45, 7) is 3.59. The van der Waals surface area contributed by atoms with Crippen LogP contribution in [0.3, 0.4) is 0 Å². The molecule has 6 heteroatoms. The monoisotopic (exact) mass is 278 g/mol. The first kappa shape index (κ1) is 15.7. The molecule has 0 aliphatic heterocycles. The molecule has 108 valence electrons. The lowest BCUT2D eigenvalue weighted by molar-refractivity contribution is -0.119. The van der Waals surface area contributed by atoms with Crippen molar-refractivity contribution in [3.05, 3.63) is 29.8 Å². The van der Waals surface area contributed by atoms with E-state index in [4.69, 9.17) is 0 Å². The van der Waals surface area contributed by atoms with Gasteiger partial charge >= 0.3 is 6.09 Å². The van der Waals surface area contributed by atoms with Crippen LogP contribution in [0.1, 0.15) is 24.2 Å². The molecule has 0 saturated carbocycles. The van der Waals surface area contributed by atoms with Gasteiger partial charge in [0.15, 0.2) is 6.29 Å². The standard InChI is InChI=1S/C14H18N2O4/c1-9(2)12(16-14(19)20-3)13(18)15-11-7-5-4-6-10(11)8-17/h4-9,12H,1-3H3,(H,15,18)(H,16,19)/t12-/m0/s1. The molecule has 0 spiro atoms. The smallest absolute Gasteiger partial charge is 0.407 e. The second-order valence-corrected chi connectivity index (χ2v) is 4.55. The lowest BCUT2D eigenvalue weighted by Gasteiger charge is -2.21. The fraction of sp³-hybridized carbons (Fsp3) is 0.357. The topological polar surface area (TPSA) is 84.5 Å². The number of ether oxygens (including phenoxy) is 1. The Morgan fingerprint density at radius 2 is 1.90 bits per heavy atom. The second-order valence-electron chi connectivity index (χ2n) is 4.55. The van der Waals surface area contributed by atoms with Gasteiger partial charge in [0, 0.05) is 5.56 Å². The lowest BCUT2D eigenvalue weighted by Crippen LogP contribution is -2.47. The molecule has 0 radical (unpaired) electrons. The number of anilines is 1. The number of hydrogen-bond donors (Lipinski definition) is 2. The molecule has 0 aliphatic rings. The number of para-hydroxylation sites is 1. The van der Waals surface area contributed by atoms with Gasteiger partial charge in [-0.25, -0.2) is 4.79 Å². The van der Waals surface area contributed by atoms with E-state index in [1.807, 2.05) is 0 Å². The van der Waals surface area contributed by atoms with Gasteiger partial charge in [-0.15, -0.1) is 0 Å². The van der Waals surface area contributed by atoms with E-state index < -0.39 is 18.0 Å². The van der Waals surface area contributed by atoms with Crippen molar-refractivity contribution in [3.63, 3.8) is 0 Å². The van der Waals surface area contributed by atoms with E-state index >= 15 is 0 Å². The summed E-state index contributed by atoms with van der Waals surface area (Å²) in [6, 6.07) is 5.88. The van der Waals surface area contributed by atoms with Crippen molar-refractivity contribution in [2.75, 3.05) is 12.4 Å². The van der Waals surface area contributed by atoms with Crippen molar-refractivity contribution in [2.45, 2.75) is 19.9 Å². The molecule has 20 heavy (non-hydrogen) atoms. The first-order chi connectivity index (χ1) is 9.49. The molecule has 0 saturated heterocycles. The fourth-order valence-electron chi connectivity index (χ4n) is 1.64. The third-order valence-electron chi connectivity index (χ3n) is 2.75. The average Bonchev–Trinajstić information content (AvgIpc) is 2.44. The van der Waals surface area contributed by atoms with Gasteiger partial charge in [-0.3, -0.25) is 9.59 Å². The Balaban J connectivity index is 2.85. The van der Waals surface area contributed by atoms with Crippen molar-refractivity contribution in [1.82, 2.24) is 5.32 Å². The lowest BCUT2D eigenvalue weighted by atomic mass is 10.0. The predicted molar refractivity (Wildman–Crippen MR) is 74.6 cm³/mol. The number of aldehydes is 1. The average molecular weight is 278 g/mol. The Labute approximate surface area is 117 Å². The Morgan fingerprint density at radius 1 is 1.25 bits per heavy atom. The number of carbonyl (C=O) groups excluding carboxylic acids is 3. The summed E-state index contributed by atoms with van der Waals surface area (Å²) in [5, 5.41) is 5.09. The summed E-state index contributed by atoms with van der Waals surface area (Å²) in [6.07, 6.45) is -0.0178. The molecule has 1 aromatic rings. The van der Waals surface area contributed by atoms with Gasteiger partial charge in [-0.2, -0.15) is 0 Å². The number of hydrogen-bond acceptors (Lipinski definition) is 4. The van der Waals surface area contributed by atoms with Gasteiger partial charge in [0.2, 0.25) is 5.91 Å². The van der Waals surface area contributed by atoms with Crippen LogP contribution in [0, 0.1) is 5.92 Å². The van der Waals surface area contributed by atoms with Crippen LogP contribution in [0.5, 0.6) is 0 Å². The zero-order chi connectivity index (χ0) is 15.1. The molecule has 0 fully saturated rings. The molecule has 6 nitrogen and oxygen atoms in total. The molecular formula is C14H18N2O4. The number of alkyl carbamates (subject to hydrolysis) is 1. The van der Waals surface area contributed by atoms with E-state index in [2.05, 4.69) is 15.4 Å². The Kier molecular flexibility index (Phi) is 5.71. The summed E-state index contributed by atoms with van der Waals surface area (Å²) in [4.78, 5) is 34.3. The third kappa shape index (κ3) is 4.08. The van der Waals surface area contributed by atoms with E-state index in [-0.39, 0.29) is 5.92 Å². The Morgan fingerprint density at radius 3 is 2.45 bits per heavy atom. The number of methoxy groups -OCH3 is 1. The van der Waals surface area contributed by atoms with Crippen LogP contribution in [-0.4, -0.2) is 31.4 Å². The summed E-state index contributed by atoms with van der Waals surface area (Å²) in [5.74, 6) is -0.530. The van der Waals surface area contributed by atoms with Crippen LogP contribution in [0.2, 0.25) is 0 Å². The number of nitrogens with one attached hydrogen (secondary N) is 2. The number of benzene rings is 1. The maximum atomic E-state index is 12.2. The summed E-state index contributed by atoms with van der Waals surface area (Å²) in [7, 11) is 1.23. The van der Waals surface area contributed by atoms with Gasteiger partial charge in [0.05, 0.1) is 12.8 Å². The summed E-state index contributed by atoms with van der Waals surface area (Å²) < 4.78 is 4.49. The molecule has 2 amide bonds. The molecular weight excluding hydrogens is 260 g/mol. The SMILES string of the molecule is COC(=O)N[C@H](C(=O)Nc1ccccc1C=O)C(C)C. The van der Waals surface area contributed by atoms with Gasteiger partial charge in [-0.1, -0.05) is 26.0 Å². The number of rotatable bonds is 5. The third-order valence-corrected chi connectivity index (χ3v) is 2.75. The molecule has 1 atom stereocenters. The molecule has 0 heterocycles. The largest absolute Gasteiger partial charge is 0.453 e. The number of amides is 2.